The number of methoxy groups -OCH3 is 1. The van der Waals surface area contributed by atoms with Crippen LogP contribution in [0.3, 0.4) is 0 Å². The molecule has 0 aliphatic heterocycles. The molecule has 0 atom stereocenters. The summed E-state index contributed by atoms with van der Waals surface area (Å²) in [5, 5.41) is 0. The lowest BCUT2D eigenvalue weighted by molar-refractivity contribution is -0.123. The first-order chi connectivity index (χ1) is 8.70. The lowest BCUT2D eigenvalue weighted by Crippen LogP contribution is -2.19. The zero-order valence-corrected chi connectivity index (χ0v) is 10.7. The molecule has 0 spiro atoms. The van der Waals surface area contributed by atoms with E-state index in [-0.39, 0.29) is 17.5 Å². The first-order valence-corrected chi connectivity index (χ1v) is 6.56. The van der Waals surface area contributed by atoms with E-state index < -0.39 is 5.82 Å². The molecule has 0 N–H and O–H groups in total. The molecule has 0 amide bonds. The van der Waals surface area contributed by atoms with Crippen LogP contribution in [0.5, 0.6) is 5.75 Å². The molecular weight excluding hydrogens is 231 g/mol. The summed E-state index contributed by atoms with van der Waals surface area (Å²) >= 11 is 0. The van der Waals surface area contributed by atoms with Gasteiger partial charge in [-0.05, 0) is 30.5 Å². The van der Waals surface area contributed by atoms with Crippen molar-refractivity contribution in [3.8, 4) is 5.75 Å². The van der Waals surface area contributed by atoms with Crippen LogP contribution in [-0.2, 0) is 11.2 Å². The van der Waals surface area contributed by atoms with Crippen LogP contribution in [0, 0.1) is 11.7 Å². The minimum absolute atomic E-state index is 0.184. The normalized spacial score (nSPS) is 16.6. The molecule has 1 aromatic carbocycles. The zero-order valence-electron chi connectivity index (χ0n) is 10.7. The summed E-state index contributed by atoms with van der Waals surface area (Å²) in [5.74, 6) is 0.262. The Kier molecular flexibility index (Phi) is 4.34. The van der Waals surface area contributed by atoms with Crippen molar-refractivity contribution in [2.45, 2.75) is 38.5 Å². The third kappa shape index (κ3) is 3.09. The molecule has 3 heteroatoms. The number of ether oxygens (including phenoxy) is 1. The van der Waals surface area contributed by atoms with Gasteiger partial charge in [0.15, 0.2) is 11.6 Å². The van der Waals surface area contributed by atoms with Crippen LogP contribution in [0.1, 0.15) is 37.7 Å². The number of hydrogen-bond acceptors (Lipinski definition) is 2. The molecule has 1 fully saturated rings. The fourth-order valence-corrected chi connectivity index (χ4v) is 2.59. The molecule has 2 nitrogen and oxygen atoms in total. The Morgan fingerprint density at radius 2 is 2.06 bits per heavy atom. The summed E-state index contributed by atoms with van der Waals surface area (Å²) in [6, 6.07) is 4.75. The maximum absolute atomic E-state index is 13.5. The predicted molar refractivity (Wildman–Crippen MR) is 68.2 cm³/mol. The fraction of sp³-hybridized carbons (Fsp3) is 0.533. The summed E-state index contributed by atoms with van der Waals surface area (Å²) in [7, 11) is 1.44. The Labute approximate surface area is 107 Å². The van der Waals surface area contributed by atoms with E-state index in [2.05, 4.69) is 0 Å². The maximum atomic E-state index is 13.5. The number of carbonyl (C=O) groups is 1. The smallest absolute Gasteiger partial charge is 0.165 e. The van der Waals surface area contributed by atoms with Crippen molar-refractivity contribution in [1.29, 1.82) is 0 Å². The molecule has 1 aliphatic rings. The van der Waals surface area contributed by atoms with E-state index in [1.807, 2.05) is 0 Å². The van der Waals surface area contributed by atoms with Crippen LogP contribution in [-0.4, -0.2) is 12.9 Å². The van der Waals surface area contributed by atoms with Gasteiger partial charge in [-0.3, -0.25) is 4.79 Å². The third-order valence-electron chi connectivity index (χ3n) is 3.66. The van der Waals surface area contributed by atoms with Gasteiger partial charge in [0.05, 0.1) is 7.11 Å². The van der Waals surface area contributed by atoms with Crippen molar-refractivity contribution < 1.29 is 13.9 Å². The van der Waals surface area contributed by atoms with Gasteiger partial charge >= 0.3 is 0 Å². The average molecular weight is 250 g/mol. The lowest BCUT2D eigenvalue weighted by atomic mass is 9.84. The molecule has 18 heavy (non-hydrogen) atoms. The highest BCUT2D eigenvalue weighted by atomic mass is 19.1. The second-order valence-electron chi connectivity index (χ2n) is 4.95. The number of hydrogen-bond donors (Lipinski definition) is 0. The van der Waals surface area contributed by atoms with Crippen molar-refractivity contribution in [2.75, 3.05) is 7.11 Å². The van der Waals surface area contributed by atoms with Gasteiger partial charge in [0, 0.05) is 12.3 Å². The van der Waals surface area contributed by atoms with Gasteiger partial charge in [-0.2, -0.15) is 0 Å². The van der Waals surface area contributed by atoms with Crippen LogP contribution in [0.4, 0.5) is 4.39 Å². The highest BCUT2D eigenvalue weighted by Crippen LogP contribution is 2.26. The minimum atomic E-state index is -0.397. The van der Waals surface area contributed by atoms with Crippen LogP contribution in [0.2, 0.25) is 0 Å². The molecular formula is C15H19FO2. The highest BCUT2D eigenvalue weighted by molar-refractivity contribution is 5.83. The molecule has 0 aromatic heterocycles. The molecule has 0 radical (unpaired) electrons. The van der Waals surface area contributed by atoms with E-state index in [1.165, 1.54) is 19.6 Å². The van der Waals surface area contributed by atoms with Crippen molar-refractivity contribution in [3.05, 3.63) is 29.6 Å². The van der Waals surface area contributed by atoms with Gasteiger partial charge < -0.3 is 4.74 Å². The highest BCUT2D eigenvalue weighted by Gasteiger charge is 2.21. The third-order valence-corrected chi connectivity index (χ3v) is 3.66. The van der Waals surface area contributed by atoms with Gasteiger partial charge in [0.25, 0.3) is 0 Å². The van der Waals surface area contributed by atoms with E-state index >= 15 is 0 Å². The van der Waals surface area contributed by atoms with Crippen LogP contribution in [0.25, 0.3) is 0 Å². The maximum Gasteiger partial charge on any atom is 0.165 e. The molecule has 1 aliphatic carbocycles. The zero-order chi connectivity index (χ0) is 13.0. The van der Waals surface area contributed by atoms with Crippen LogP contribution >= 0.6 is 0 Å². The number of rotatable bonds is 4. The predicted octanol–water partition coefficient (Wildman–Crippen LogP) is 3.53. The summed E-state index contributed by atoms with van der Waals surface area (Å²) < 4.78 is 18.4. The number of Topliss-reactive ketones (excluding diaryl/α,β-unsaturated/α-hetero) is 1. The van der Waals surface area contributed by atoms with Gasteiger partial charge in [-0.25, -0.2) is 4.39 Å². The Morgan fingerprint density at radius 3 is 2.67 bits per heavy atom. The SMILES string of the molecule is COc1ccc(CC(=O)C2CCCCC2)cc1F. The molecule has 0 bridgehead atoms. The van der Waals surface area contributed by atoms with Crippen molar-refractivity contribution >= 4 is 5.78 Å². The van der Waals surface area contributed by atoms with E-state index in [1.54, 1.807) is 12.1 Å². The van der Waals surface area contributed by atoms with E-state index in [0.717, 1.165) is 31.2 Å². The summed E-state index contributed by atoms with van der Waals surface area (Å²) in [6.45, 7) is 0. The van der Waals surface area contributed by atoms with E-state index in [9.17, 15) is 9.18 Å². The van der Waals surface area contributed by atoms with E-state index in [4.69, 9.17) is 4.74 Å². The Bertz CT molecular complexity index is 423. The Balaban J connectivity index is 2.00. The summed E-state index contributed by atoms with van der Waals surface area (Å²) in [5.41, 5.74) is 0.740. The van der Waals surface area contributed by atoms with Crippen molar-refractivity contribution in [3.63, 3.8) is 0 Å². The monoisotopic (exact) mass is 250 g/mol. The van der Waals surface area contributed by atoms with Crippen molar-refractivity contribution in [2.24, 2.45) is 5.92 Å². The number of ketones is 1. The number of carbonyl (C=O) groups excluding carboxylic acids is 1. The molecule has 98 valence electrons. The standard InChI is InChI=1S/C15H19FO2/c1-18-15-8-7-11(9-13(15)16)10-14(17)12-5-3-2-4-6-12/h7-9,12H,2-6,10H2,1H3. The van der Waals surface area contributed by atoms with E-state index in [0.29, 0.717) is 6.42 Å². The minimum Gasteiger partial charge on any atom is -0.494 e. The Hall–Kier alpha value is -1.38. The number of benzene rings is 1. The molecule has 1 aromatic rings. The molecule has 0 heterocycles. The molecule has 0 saturated heterocycles. The van der Waals surface area contributed by atoms with Gasteiger partial charge in [-0.1, -0.05) is 25.3 Å². The van der Waals surface area contributed by atoms with Gasteiger partial charge in [0.1, 0.15) is 5.78 Å². The first-order valence-electron chi connectivity index (χ1n) is 6.56. The quantitative estimate of drug-likeness (QED) is 0.817. The van der Waals surface area contributed by atoms with Gasteiger partial charge in [-0.15, -0.1) is 0 Å². The van der Waals surface area contributed by atoms with Crippen LogP contribution in [0.15, 0.2) is 18.2 Å². The fourth-order valence-electron chi connectivity index (χ4n) is 2.59. The summed E-state index contributed by atoms with van der Waals surface area (Å²) in [4.78, 5) is 12.1. The summed E-state index contributed by atoms with van der Waals surface area (Å²) in [6.07, 6.45) is 5.86. The van der Waals surface area contributed by atoms with Crippen molar-refractivity contribution in [1.82, 2.24) is 0 Å². The number of halogens is 1. The second-order valence-corrected chi connectivity index (χ2v) is 4.95. The Morgan fingerprint density at radius 1 is 1.33 bits per heavy atom. The molecule has 1 saturated carbocycles. The average Bonchev–Trinajstić information content (AvgIpc) is 2.40. The van der Waals surface area contributed by atoms with Gasteiger partial charge in [0.2, 0.25) is 0 Å². The first kappa shape index (κ1) is 13.1. The topological polar surface area (TPSA) is 26.3 Å². The largest absolute Gasteiger partial charge is 0.494 e. The lowest BCUT2D eigenvalue weighted by Gasteiger charge is -2.20. The van der Waals surface area contributed by atoms with Crippen LogP contribution < -0.4 is 4.74 Å². The molecule has 0 unspecified atom stereocenters. The second kappa shape index (κ2) is 5.98. The molecule has 2 rings (SSSR count).